The number of amides is 2. The quantitative estimate of drug-likeness (QED) is 0.634. The van der Waals surface area contributed by atoms with E-state index in [0.717, 1.165) is 45.4 Å². The van der Waals surface area contributed by atoms with Crippen molar-refractivity contribution in [3.8, 4) is 0 Å². The second-order valence-corrected chi connectivity index (χ2v) is 7.68. The molecule has 2 unspecified atom stereocenters. The first-order valence-corrected chi connectivity index (χ1v) is 10.0. The van der Waals surface area contributed by atoms with E-state index in [1.807, 2.05) is 0 Å². The van der Waals surface area contributed by atoms with E-state index in [4.69, 9.17) is 4.74 Å². The fourth-order valence-corrected chi connectivity index (χ4v) is 3.99. The molecule has 2 rings (SSSR count). The van der Waals surface area contributed by atoms with Gasteiger partial charge >= 0.3 is 0 Å². The number of nitrogens with zero attached hydrogens (tertiary/aromatic N) is 3. The molecule has 26 heavy (non-hydrogen) atoms. The Morgan fingerprint density at radius 2 is 1.58 bits per heavy atom. The lowest BCUT2D eigenvalue weighted by atomic mass is 9.97. The number of ether oxygens (including phenoxy) is 1. The van der Waals surface area contributed by atoms with Crippen LogP contribution in [-0.2, 0) is 14.3 Å². The molecule has 1 N–H and O–H groups in total. The zero-order chi connectivity index (χ0) is 18.9. The van der Waals surface area contributed by atoms with Crippen molar-refractivity contribution < 1.29 is 14.3 Å². The summed E-state index contributed by atoms with van der Waals surface area (Å²) in [6.07, 6.45) is 4.29. The average Bonchev–Trinajstić information content (AvgIpc) is 2.60. The van der Waals surface area contributed by atoms with E-state index in [9.17, 15) is 9.59 Å². The Kier molecular flexibility index (Phi) is 8.81. The number of carbonyl (C=O) groups excluding carboxylic acids is 2. The van der Waals surface area contributed by atoms with E-state index in [1.165, 1.54) is 6.42 Å². The fraction of sp³-hybridized carbons (Fsp3) is 0.895. The van der Waals surface area contributed by atoms with Gasteiger partial charge in [-0.1, -0.05) is 0 Å². The minimum atomic E-state index is 0.0709. The SMILES string of the molecule is COCCCNC(=O)CN1CCN(CC(=O)N2C(C)CCCC2C)CC1. The van der Waals surface area contributed by atoms with Crippen molar-refractivity contribution in [2.45, 2.75) is 51.6 Å². The van der Waals surface area contributed by atoms with Gasteiger partial charge in [-0.25, -0.2) is 0 Å². The molecule has 7 nitrogen and oxygen atoms in total. The Balaban J connectivity index is 1.66. The van der Waals surface area contributed by atoms with Gasteiger partial charge in [0.1, 0.15) is 0 Å². The van der Waals surface area contributed by atoms with Crippen LogP contribution in [0.1, 0.15) is 39.5 Å². The van der Waals surface area contributed by atoms with Crippen molar-refractivity contribution in [1.82, 2.24) is 20.0 Å². The largest absolute Gasteiger partial charge is 0.385 e. The van der Waals surface area contributed by atoms with Crippen LogP contribution in [0.25, 0.3) is 0 Å². The molecule has 0 aromatic rings. The second kappa shape index (κ2) is 10.8. The van der Waals surface area contributed by atoms with Crippen LogP contribution < -0.4 is 5.32 Å². The van der Waals surface area contributed by atoms with E-state index in [1.54, 1.807) is 7.11 Å². The molecule has 0 aliphatic carbocycles. The Labute approximate surface area is 158 Å². The molecule has 0 aromatic carbocycles. The summed E-state index contributed by atoms with van der Waals surface area (Å²) in [5.74, 6) is 0.329. The molecule has 2 fully saturated rings. The molecule has 7 heteroatoms. The Morgan fingerprint density at radius 1 is 1.00 bits per heavy atom. The molecular weight excluding hydrogens is 332 g/mol. The summed E-state index contributed by atoms with van der Waals surface area (Å²) < 4.78 is 4.98. The van der Waals surface area contributed by atoms with Crippen molar-refractivity contribution in [2.75, 3.05) is 59.5 Å². The highest BCUT2D eigenvalue weighted by Crippen LogP contribution is 2.22. The van der Waals surface area contributed by atoms with Crippen LogP contribution in [0.3, 0.4) is 0 Å². The minimum absolute atomic E-state index is 0.0709. The summed E-state index contributed by atoms with van der Waals surface area (Å²) >= 11 is 0. The summed E-state index contributed by atoms with van der Waals surface area (Å²) in [5, 5.41) is 2.93. The highest BCUT2D eigenvalue weighted by molar-refractivity contribution is 5.79. The summed E-state index contributed by atoms with van der Waals surface area (Å²) in [4.78, 5) is 31.1. The normalized spacial score (nSPS) is 25.3. The number of rotatable bonds is 8. The van der Waals surface area contributed by atoms with Crippen molar-refractivity contribution in [3.63, 3.8) is 0 Å². The molecule has 2 aliphatic heterocycles. The molecule has 150 valence electrons. The number of nitrogens with one attached hydrogen (secondary N) is 1. The Bertz CT molecular complexity index is 442. The van der Waals surface area contributed by atoms with Gasteiger partial charge in [0.05, 0.1) is 13.1 Å². The van der Waals surface area contributed by atoms with E-state index >= 15 is 0 Å². The zero-order valence-electron chi connectivity index (χ0n) is 16.7. The van der Waals surface area contributed by atoms with Crippen LogP contribution in [0.15, 0.2) is 0 Å². The van der Waals surface area contributed by atoms with Crippen LogP contribution >= 0.6 is 0 Å². The summed E-state index contributed by atoms with van der Waals surface area (Å²) in [6, 6.07) is 0.712. The first-order chi connectivity index (χ1) is 12.5. The van der Waals surface area contributed by atoms with E-state index in [-0.39, 0.29) is 11.8 Å². The zero-order valence-corrected chi connectivity index (χ0v) is 16.7. The summed E-state index contributed by atoms with van der Waals surface area (Å²) in [5.41, 5.74) is 0. The van der Waals surface area contributed by atoms with Gasteiger partial charge in [0.25, 0.3) is 0 Å². The molecular formula is C19H36N4O3. The summed E-state index contributed by atoms with van der Waals surface area (Å²) in [6.45, 7) is 9.97. The first kappa shape index (κ1) is 21.1. The van der Waals surface area contributed by atoms with Crippen LogP contribution in [0.5, 0.6) is 0 Å². The standard InChI is InChI=1S/C19H36N4O3/c1-16-6-4-7-17(2)23(16)19(25)15-22-11-9-21(10-12-22)14-18(24)20-8-5-13-26-3/h16-17H,4-15H2,1-3H3,(H,20,24). The van der Waals surface area contributed by atoms with Crippen molar-refractivity contribution >= 4 is 11.8 Å². The lowest BCUT2D eigenvalue weighted by molar-refractivity contribution is -0.139. The van der Waals surface area contributed by atoms with Gasteiger partial charge in [-0.2, -0.15) is 0 Å². The topological polar surface area (TPSA) is 65.1 Å². The lowest BCUT2D eigenvalue weighted by Gasteiger charge is -2.41. The number of hydrogen-bond acceptors (Lipinski definition) is 5. The minimum Gasteiger partial charge on any atom is -0.385 e. The van der Waals surface area contributed by atoms with E-state index in [0.29, 0.717) is 38.3 Å². The molecule has 2 amide bonds. The number of likely N-dealkylation sites (tertiary alicyclic amines) is 1. The molecule has 2 saturated heterocycles. The highest BCUT2D eigenvalue weighted by atomic mass is 16.5. The molecule has 0 bridgehead atoms. The Morgan fingerprint density at radius 3 is 2.15 bits per heavy atom. The highest BCUT2D eigenvalue weighted by Gasteiger charge is 2.30. The number of carbonyl (C=O) groups is 2. The van der Waals surface area contributed by atoms with E-state index < -0.39 is 0 Å². The van der Waals surface area contributed by atoms with Gasteiger partial charge in [-0.3, -0.25) is 19.4 Å². The van der Waals surface area contributed by atoms with Crippen molar-refractivity contribution in [3.05, 3.63) is 0 Å². The van der Waals surface area contributed by atoms with Gasteiger partial charge in [-0.15, -0.1) is 0 Å². The monoisotopic (exact) mass is 368 g/mol. The van der Waals surface area contributed by atoms with Crippen LogP contribution in [0, 0.1) is 0 Å². The third-order valence-corrected chi connectivity index (χ3v) is 5.52. The van der Waals surface area contributed by atoms with Crippen LogP contribution in [0.4, 0.5) is 0 Å². The smallest absolute Gasteiger partial charge is 0.237 e. The fourth-order valence-electron chi connectivity index (χ4n) is 3.99. The third kappa shape index (κ3) is 6.52. The molecule has 0 aromatic heterocycles. The predicted octanol–water partition coefficient (Wildman–Crippen LogP) is 0.546. The maximum atomic E-state index is 12.7. The molecule has 0 saturated carbocycles. The van der Waals surface area contributed by atoms with E-state index in [2.05, 4.69) is 33.9 Å². The third-order valence-electron chi connectivity index (χ3n) is 5.52. The van der Waals surface area contributed by atoms with Gasteiger partial charge in [-0.05, 0) is 39.5 Å². The average molecular weight is 369 g/mol. The molecule has 0 radical (unpaired) electrons. The van der Waals surface area contributed by atoms with Crippen molar-refractivity contribution in [1.29, 1.82) is 0 Å². The number of methoxy groups -OCH3 is 1. The molecule has 2 atom stereocenters. The molecule has 2 aliphatic rings. The van der Waals surface area contributed by atoms with Crippen molar-refractivity contribution in [2.24, 2.45) is 0 Å². The van der Waals surface area contributed by atoms with Crippen LogP contribution in [-0.4, -0.2) is 98.1 Å². The van der Waals surface area contributed by atoms with Gasteiger partial charge in [0.2, 0.25) is 11.8 Å². The molecule has 0 spiro atoms. The predicted molar refractivity (Wildman–Crippen MR) is 102 cm³/mol. The van der Waals surface area contributed by atoms with Gasteiger partial charge < -0.3 is 15.0 Å². The first-order valence-electron chi connectivity index (χ1n) is 10.0. The second-order valence-electron chi connectivity index (χ2n) is 7.68. The number of piperidine rings is 1. The van der Waals surface area contributed by atoms with Gasteiger partial charge in [0.15, 0.2) is 0 Å². The van der Waals surface area contributed by atoms with Gasteiger partial charge in [0, 0.05) is 58.5 Å². The lowest BCUT2D eigenvalue weighted by Crippen LogP contribution is -2.55. The summed E-state index contributed by atoms with van der Waals surface area (Å²) in [7, 11) is 1.67. The number of hydrogen-bond donors (Lipinski definition) is 1. The van der Waals surface area contributed by atoms with Crippen LogP contribution in [0.2, 0.25) is 0 Å². The number of piperazine rings is 1. The molecule has 2 heterocycles. The maximum absolute atomic E-state index is 12.7. The Hall–Kier alpha value is -1.18. The maximum Gasteiger partial charge on any atom is 0.237 e.